The average molecular weight is 186 g/mol. The lowest BCUT2D eigenvalue weighted by atomic mass is 10.4. The Hall–Kier alpha value is -1.39. The van der Waals surface area contributed by atoms with E-state index >= 15 is 0 Å². The highest BCUT2D eigenvalue weighted by Gasteiger charge is 2.58. The highest BCUT2D eigenvalue weighted by Crippen LogP contribution is 2.51. The fourth-order valence-electron chi connectivity index (χ4n) is 1.27. The summed E-state index contributed by atoms with van der Waals surface area (Å²) in [5.74, 6) is -2.74. The summed E-state index contributed by atoms with van der Waals surface area (Å²) in [6.07, 6.45) is 1.07. The van der Waals surface area contributed by atoms with Crippen LogP contribution in [0.5, 0.6) is 0 Å². The number of nitrogens with zero attached hydrogens (tertiary/aromatic N) is 1. The van der Waals surface area contributed by atoms with Gasteiger partial charge in [-0.25, -0.2) is 8.78 Å². The minimum atomic E-state index is -2.74. The highest BCUT2D eigenvalue weighted by atomic mass is 19.3. The first-order valence-electron chi connectivity index (χ1n) is 3.87. The van der Waals surface area contributed by atoms with Crippen LogP contribution in [0.25, 0.3) is 0 Å². The summed E-state index contributed by atoms with van der Waals surface area (Å²) in [6.45, 7) is 0. The predicted molar refractivity (Wildman–Crippen MR) is 43.7 cm³/mol. The molecule has 1 heterocycles. The molecule has 1 aromatic rings. The van der Waals surface area contributed by atoms with Crippen molar-refractivity contribution in [3.05, 3.63) is 28.7 Å². The number of nitrogens with two attached hydrogens (primary N) is 1. The molecule has 3 nitrogen and oxygen atoms in total. The molecule has 1 unspecified atom stereocenters. The van der Waals surface area contributed by atoms with Gasteiger partial charge in [-0.3, -0.25) is 4.79 Å². The van der Waals surface area contributed by atoms with E-state index in [9.17, 15) is 13.6 Å². The van der Waals surface area contributed by atoms with Crippen molar-refractivity contribution in [2.24, 2.45) is 0 Å². The monoisotopic (exact) mass is 186 g/mol. The minimum Gasteiger partial charge on any atom is -0.394 e. The molecule has 1 aromatic heterocycles. The molecule has 70 valence electrons. The topological polar surface area (TPSA) is 48.0 Å². The van der Waals surface area contributed by atoms with Crippen LogP contribution in [0.15, 0.2) is 23.1 Å². The van der Waals surface area contributed by atoms with E-state index in [0.717, 1.165) is 4.57 Å². The Labute approximate surface area is 72.8 Å². The van der Waals surface area contributed by atoms with Crippen LogP contribution in [-0.4, -0.2) is 10.5 Å². The number of halogens is 2. The molecule has 0 spiro atoms. The van der Waals surface area contributed by atoms with E-state index < -0.39 is 17.5 Å². The fourth-order valence-corrected chi connectivity index (χ4v) is 1.27. The SMILES string of the molecule is Nc1cccn(C2CC2(F)F)c1=O. The second-order valence-corrected chi connectivity index (χ2v) is 3.16. The van der Waals surface area contributed by atoms with Gasteiger partial charge in [-0.15, -0.1) is 0 Å². The first-order chi connectivity index (χ1) is 6.02. The molecule has 2 N–H and O–H groups in total. The van der Waals surface area contributed by atoms with E-state index in [-0.39, 0.29) is 12.1 Å². The lowest BCUT2D eigenvalue weighted by molar-refractivity contribution is 0.100. The number of anilines is 1. The maximum absolute atomic E-state index is 12.6. The van der Waals surface area contributed by atoms with Crippen molar-refractivity contribution in [1.29, 1.82) is 0 Å². The van der Waals surface area contributed by atoms with E-state index in [0.29, 0.717) is 0 Å². The van der Waals surface area contributed by atoms with Gasteiger partial charge in [-0.05, 0) is 12.1 Å². The number of aromatic nitrogens is 1. The predicted octanol–water partition coefficient (Wildman–Crippen LogP) is 1.01. The van der Waals surface area contributed by atoms with Crippen molar-refractivity contribution < 1.29 is 8.78 Å². The van der Waals surface area contributed by atoms with Crippen LogP contribution in [0.1, 0.15) is 12.5 Å². The van der Waals surface area contributed by atoms with Crippen molar-refractivity contribution in [3.8, 4) is 0 Å². The molecule has 5 heteroatoms. The molecule has 0 bridgehead atoms. The largest absolute Gasteiger partial charge is 0.394 e. The van der Waals surface area contributed by atoms with Gasteiger partial charge in [0.1, 0.15) is 6.04 Å². The first-order valence-corrected chi connectivity index (χ1v) is 3.87. The van der Waals surface area contributed by atoms with Crippen molar-refractivity contribution >= 4 is 5.69 Å². The van der Waals surface area contributed by atoms with Gasteiger partial charge < -0.3 is 10.3 Å². The lowest BCUT2D eigenvalue weighted by Gasteiger charge is -2.03. The summed E-state index contributed by atoms with van der Waals surface area (Å²) < 4.78 is 26.2. The first kappa shape index (κ1) is 8.22. The van der Waals surface area contributed by atoms with Gasteiger partial charge in [-0.2, -0.15) is 0 Å². The number of hydrogen-bond donors (Lipinski definition) is 1. The number of hydrogen-bond acceptors (Lipinski definition) is 2. The molecule has 0 amide bonds. The summed E-state index contributed by atoms with van der Waals surface area (Å²) >= 11 is 0. The molecular weight excluding hydrogens is 178 g/mol. The molecule has 1 aliphatic rings. The molecule has 1 atom stereocenters. The zero-order valence-electron chi connectivity index (χ0n) is 6.71. The number of rotatable bonds is 1. The lowest BCUT2D eigenvalue weighted by Crippen LogP contribution is -2.22. The molecule has 2 rings (SSSR count). The van der Waals surface area contributed by atoms with E-state index in [1.807, 2.05) is 0 Å². The van der Waals surface area contributed by atoms with Crippen LogP contribution in [0, 0.1) is 0 Å². The van der Waals surface area contributed by atoms with Gasteiger partial charge in [0.15, 0.2) is 0 Å². The van der Waals surface area contributed by atoms with Crippen molar-refractivity contribution in [1.82, 2.24) is 4.57 Å². The van der Waals surface area contributed by atoms with Gasteiger partial charge in [0, 0.05) is 12.6 Å². The molecule has 0 aliphatic heterocycles. The average Bonchev–Trinajstić information content (AvgIpc) is 2.66. The molecular formula is C8H8F2N2O. The van der Waals surface area contributed by atoms with E-state index in [1.54, 1.807) is 0 Å². The van der Waals surface area contributed by atoms with Gasteiger partial charge >= 0.3 is 0 Å². The molecule has 1 saturated carbocycles. The smallest absolute Gasteiger partial charge is 0.274 e. The molecule has 1 fully saturated rings. The van der Waals surface area contributed by atoms with Crippen LogP contribution >= 0.6 is 0 Å². The fraction of sp³-hybridized carbons (Fsp3) is 0.375. The van der Waals surface area contributed by atoms with Crippen molar-refractivity contribution in [2.75, 3.05) is 5.73 Å². The second kappa shape index (κ2) is 2.31. The standard InChI is InChI=1S/C8H8F2N2O/c9-8(10)4-6(8)12-3-1-2-5(11)7(12)13/h1-3,6H,4,11H2. The van der Waals surface area contributed by atoms with Crippen molar-refractivity contribution in [2.45, 2.75) is 18.4 Å². The summed E-state index contributed by atoms with van der Waals surface area (Å²) in [5.41, 5.74) is 4.76. The molecule has 1 aliphatic carbocycles. The molecule has 13 heavy (non-hydrogen) atoms. The highest BCUT2D eigenvalue weighted by molar-refractivity contribution is 5.34. The quantitative estimate of drug-likeness (QED) is 0.711. The zero-order valence-corrected chi connectivity index (χ0v) is 6.71. The molecule has 0 aromatic carbocycles. The van der Waals surface area contributed by atoms with Crippen LogP contribution in [0.4, 0.5) is 14.5 Å². The number of nitrogen functional groups attached to an aromatic ring is 1. The Kier molecular flexibility index (Phi) is 1.46. The van der Waals surface area contributed by atoms with E-state index in [2.05, 4.69) is 0 Å². The van der Waals surface area contributed by atoms with Gasteiger partial charge in [0.2, 0.25) is 0 Å². The molecule has 0 saturated heterocycles. The summed E-state index contributed by atoms with van der Waals surface area (Å²) in [5, 5.41) is 0. The molecule has 0 radical (unpaired) electrons. The Bertz CT molecular complexity index is 399. The van der Waals surface area contributed by atoms with Crippen LogP contribution in [-0.2, 0) is 0 Å². The third-order valence-corrected chi connectivity index (χ3v) is 2.13. The van der Waals surface area contributed by atoms with Crippen LogP contribution in [0.3, 0.4) is 0 Å². The Morgan fingerprint density at radius 3 is 2.77 bits per heavy atom. The Balaban J connectivity index is 2.44. The summed E-state index contributed by atoms with van der Waals surface area (Å²) in [7, 11) is 0. The maximum Gasteiger partial charge on any atom is 0.274 e. The van der Waals surface area contributed by atoms with Crippen LogP contribution in [0.2, 0.25) is 0 Å². The summed E-state index contributed by atoms with van der Waals surface area (Å²) in [4.78, 5) is 11.2. The Morgan fingerprint density at radius 1 is 1.62 bits per heavy atom. The normalized spacial score (nSPS) is 24.3. The summed E-state index contributed by atoms with van der Waals surface area (Å²) in [6, 6.07) is 1.90. The van der Waals surface area contributed by atoms with Gasteiger partial charge in [0.05, 0.1) is 5.69 Å². The zero-order chi connectivity index (χ0) is 9.64. The third kappa shape index (κ3) is 1.20. The third-order valence-electron chi connectivity index (χ3n) is 2.13. The Morgan fingerprint density at radius 2 is 2.23 bits per heavy atom. The van der Waals surface area contributed by atoms with Gasteiger partial charge in [-0.1, -0.05) is 0 Å². The van der Waals surface area contributed by atoms with E-state index in [4.69, 9.17) is 5.73 Å². The maximum atomic E-state index is 12.6. The minimum absolute atomic E-state index is 0.00481. The van der Waals surface area contributed by atoms with Crippen molar-refractivity contribution in [3.63, 3.8) is 0 Å². The number of alkyl halides is 2. The number of pyridine rings is 1. The van der Waals surface area contributed by atoms with Crippen LogP contribution < -0.4 is 11.3 Å². The van der Waals surface area contributed by atoms with E-state index in [1.165, 1.54) is 18.3 Å². The van der Waals surface area contributed by atoms with Gasteiger partial charge in [0.25, 0.3) is 11.5 Å². The second-order valence-electron chi connectivity index (χ2n) is 3.16.